The Morgan fingerprint density at radius 2 is 2.25 bits per heavy atom. The summed E-state index contributed by atoms with van der Waals surface area (Å²) in [6.45, 7) is 1.30. The average Bonchev–Trinajstić information content (AvgIpc) is 3.04. The molecule has 0 unspecified atom stereocenters. The first-order valence-electron chi connectivity index (χ1n) is 6.78. The second-order valence-corrected chi connectivity index (χ2v) is 6.01. The Labute approximate surface area is 121 Å². The second kappa shape index (κ2) is 6.94. The Morgan fingerprint density at radius 1 is 1.55 bits per heavy atom. The molecule has 7 nitrogen and oxygen atoms in total. The minimum absolute atomic E-state index is 0.0945. The van der Waals surface area contributed by atoms with E-state index in [2.05, 4.69) is 22.1 Å². The van der Waals surface area contributed by atoms with Crippen molar-refractivity contribution in [1.82, 2.24) is 19.7 Å². The molecule has 0 radical (unpaired) electrons. The molecule has 0 aliphatic heterocycles. The third kappa shape index (κ3) is 3.86. The van der Waals surface area contributed by atoms with Gasteiger partial charge in [-0.05, 0) is 19.9 Å². The minimum Gasteiger partial charge on any atom is -0.481 e. The zero-order valence-electron chi connectivity index (χ0n) is 11.5. The van der Waals surface area contributed by atoms with Crippen LogP contribution in [-0.2, 0) is 11.3 Å². The molecule has 1 aliphatic carbocycles. The van der Waals surface area contributed by atoms with E-state index in [9.17, 15) is 9.59 Å². The quantitative estimate of drug-likeness (QED) is 0.717. The predicted octanol–water partition coefficient (Wildman–Crippen LogP) is 0.622. The standard InChI is InChI=1S/C12H20N4O3S/c1-15(9-4-2-3-5-9)6-7-16-11(19)13-14-12(16)20-8-10(17)18/h9H,2-8H2,1H3,(H,13,19)(H,17,18). The van der Waals surface area contributed by atoms with E-state index in [0.29, 0.717) is 17.7 Å². The fraction of sp³-hybridized carbons (Fsp3) is 0.750. The molecule has 1 saturated carbocycles. The average molecular weight is 300 g/mol. The SMILES string of the molecule is CN(CCn1c(SCC(=O)O)n[nH]c1=O)C1CCCC1. The van der Waals surface area contributed by atoms with Gasteiger partial charge in [0.25, 0.3) is 0 Å². The highest BCUT2D eigenvalue weighted by molar-refractivity contribution is 7.99. The molecule has 0 spiro atoms. The summed E-state index contributed by atoms with van der Waals surface area (Å²) in [5.74, 6) is -1.01. The zero-order valence-corrected chi connectivity index (χ0v) is 12.4. The van der Waals surface area contributed by atoms with E-state index in [-0.39, 0.29) is 11.4 Å². The van der Waals surface area contributed by atoms with Gasteiger partial charge in [-0.2, -0.15) is 0 Å². The number of aromatic amines is 1. The molecule has 1 fully saturated rings. The van der Waals surface area contributed by atoms with E-state index >= 15 is 0 Å². The van der Waals surface area contributed by atoms with Crippen molar-refractivity contribution in [3.8, 4) is 0 Å². The number of aliphatic carboxylic acids is 1. The number of carbonyl (C=O) groups is 1. The summed E-state index contributed by atoms with van der Waals surface area (Å²) < 4.78 is 1.51. The fourth-order valence-corrected chi connectivity index (χ4v) is 3.22. The third-order valence-corrected chi connectivity index (χ3v) is 4.63. The van der Waals surface area contributed by atoms with Crippen LogP contribution in [0.1, 0.15) is 25.7 Å². The highest BCUT2D eigenvalue weighted by Gasteiger charge is 2.20. The molecule has 112 valence electrons. The second-order valence-electron chi connectivity index (χ2n) is 5.06. The van der Waals surface area contributed by atoms with Gasteiger partial charge in [-0.15, -0.1) is 5.10 Å². The van der Waals surface area contributed by atoms with Crippen LogP contribution in [0.2, 0.25) is 0 Å². The molecule has 2 N–H and O–H groups in total. The van der Waals surface area contributed by atoms with Crippen LogP contribution in [0.3, 0.4) is 0 Å². The number of H-pyrrole nitrogens is 1. The summed E-state index contributed by atoms with van der Waals surface area (Å²) in [7, 11) is 2.07. The van der Waals surface area contributed by atoms with Gasteiger partial charge in [-0.25, -0.2) is 9.89 Å². The number of hydrogen-bond donors (Lipinski definition) is 2. The first-order valence-corrected chi connectivity index (χ1v) is 7.76. The Balaban J connectivity index is 1.92. The molecule has 0 aromatic carbocycles. The maximum Gasteiger partial charge on any atom is 0.344 e. The molecule has 20 heavy (non-hydrogen) atoms. The van der Waals surface area contributed by atoms with Crippen LogP contribution in [0.4, 0.5) is 0 Å². The van der Waals surface area contributed by atoms with E-state index in [1.807, 2.05) is 0 Å². The van der Waals surface area contributed by atoms with E-state index < -0.39 is 5.97 Å². The number of carboxylic acid groups (broad SMARTS) is 1. The molecule has 1 heterocycles. The van der Waals surface area contributed by atoms with Crippen molar-refractivity contribution in [3.05, 3.63) is 10.5 Å². The van der Waals surface area contributed by atoms with Crippen LogP contribution >= 0.6 is 11.8 Å². The first-order chi connectivity index (χ1) is 9.58. The lowest BCUT2D eigenvalue weighted by Gasteiger charge is -2.23. The Hall–Kier alpha value is -1.28. The van der Waals surface area contributed by atoms with Crippen molar-refractivity contribution >= 4 is 17.7 Å². The van der Waals surface area contributed by atoms with Crippen LogP contribution < -0.4 is 5.69 Å². The van der Waals surface area contributed by atoms with Crippen molar-refractivity contribution in [3.63, 3.8) is 0 Å². The lowest BCUT2D eigenvalue weighted by molar-refractivity contribution is -0.133. The van der Waals surface area contributed by atoms with Gasteiger partial charge in [0.1, 0.15) is 0 Å². The maximum atomic E-state index is 11.7. The van der Waals surface area contributed by atoms with Crippen LogP contribution in [0.25, 0.3) is 0 Å². The lowest BCUT2D eigenvalue weighted by atomic mass is 10.2. The third-order valence-electron chi connectivity index (χ3n) is 3.67. The number of nitrogens with one attached hydrogen (secondary N) is 1. The summed E-state index contributed by atoms with van der Waals surface area (Å²) >= 11 is 1.06. The maximum absolute atomic E-state index is 11.7. The van der Waals surface area contributed by atoms with Gasteiger partial charge in [0, 0.05) is 19.1 Å². The van der Waals surface area contributed by atoms with Crippen molar-refractivity contribution in [2.75, 3.05) is 19.3 Å². The van der Waals surface area contributed by atoms with Gasteiger partial charge in [0.05, 0.1) is 5.75 Å². The van der Waals surface area contributed by atoms with Gasteiger partial charge in [0.15, 0.2) is 5.16 Å². The molecule has 1 aromatic rings. The largest absolute Gasteiger partial charge is 0.481 e. The Bertz CT molecular complexity index is 507. The minimum atomic E-state index is -0.917. The number of thioether (sulfide) groups is 1. The van der Waals surface area contributed by atoms with Crippen LogP contribution in [0, 0.1) is 0 Å². The summed E-state index contributed by atoms with van der Waals surface area (Å²) in [5, 5.41) is 15.4. The normalized spacial score (nSPS) is 16.1. The lowest BCUT2D eigenvalue weighted by Crippen LogP contribution is -2.34. The first kappa shape index (κ1) is 15.1. The van der Waals surface area contributed by atoms with E-state index in [1.165, 1.54) is 30.3 Å². The predicted molar refractivity (Wildman–Crippen MR) is 76.1 cm³/mol. The van der Waals surface area contributed by atoms with Crippen LogP contribution in [0.5, 0.6) is 0 Å². The van der Waals surface area contributed by atoms with Gasteiger partial charge < -0.3 is 10.0 Å². The van der Waals surface area contributed by atoms with E-state index in [0.717, 1.165) is 18.3 Å². The number of aromatic nitrogens is 3. The summed E-state index contributed by atoms with van der Waals surface area (Å²) in [6, 6.07) is 0.604. The number of nitrogens with zero attached hydrogens (tertiary/aromatic N) is 3. The van der Waals surface area contributed by atoms with Crippen molar-refractivity contribution in [2.45, 2.75) is 43.4 Å². The van der Waals surface area contributed by atoms with Gasteiger partial charge in [-0.3, -0.25) is 9.36 Å². The fourth-order valence-electron chi connectivity index (χ4n) is 2.52. The molecule has 0 amide bonds. The number of likely N-dealkylation sites (N-methyl/N-ethyl adjacent to an activating group) is 1. The van der Waals surface area contributed by atoms with Crippen LogP contribution in [-0.4, -0.2) is 56.1 Å². The van der Waals surface area contributed by atoms with E-state index in [4.69, 9.17) is 5.11 Å². The number of carboxylic acids is 1. The zero-order chi connectivity index (χ0) is 14.5. The number of rotatable bonds is 7. The van der Waals surface area contributed by atoms with Crippen molar-refractivity contribution in [2.24, 2.45) is 0 Å². The summed E-state index contributed by atoms with van der Waals surface area (Å²) in [4.78, 5) is 24.5. The highest BCUT2D eigenvalue weighted by Crippen LogP contribution is 2.22. The van der Waals surface area contributed by atoms with E-state index in [1.54, 1.807) is 0 Å². The van der Waals surface area contributed by atoms with Crippen molar-refractivity contribution < 1.29 is 9.90 Å². The smallest absolute Gasteiger partial charge is 0.344 e. The van der Waals surface area contributed by atoms with Crippen molar-refractivity contribution in [1.29, 1.82) is 0 Å². The molecule has 1 aromatic heterocycles. The van der Waals surface area contributed by atoms with Gasteiger partial charge >= 0.3 is 11.7 Å². The molecule has 1 aliphatic rings. The van der Waals surface area contributed by atoms with Gasteiger partial charge in [0.2, 0.25) is 0 Å². The number of hydrogen-bond acceptors (Lipinski definition) is 5. The molecule has 0 bridgehead atoms. The molecular formula is C12H20N4O3S. The van der Waals surface area contributed by atoms with Gasteiger partial charge in [-0.1, -0.05) is 24.6 Å². The van der Waals surface area contributed by atoms with Crippen LogP contribution in [0.15, 0.2) is 9.95 Å². The Kier molecular flexibility index (Phi) is 5.24. The monoisotopic (exact) mass is 300 g/mol. The molecular weight excluding hydrogens is 280 g/mol. The molecule has 0 atom stereocenters. The summed E-state index contributed by atoms with van der Waals surface area (Å²) in [6.07, 6.45) is 5.00. The highest BCUT2D eigenvalue weighted by atomic mass is 32.2. The summed E-state index contributed by atoms with van der Waals surface area (Å²) in [5.41, 5.74) is -0.280. The Morgan fingerprint density at radius 3 is 2.90 bits per heavy atom. The molecule has 2 rings (SSSR count). The molecule has 0 saturated heterocycles. The topological polar surface area (TPSA) is 91.2 Å². The molecule has 8 heteroatoms.